The molecule has 0 radical (unpaired) electrons. The zero-order chi connectivity index (χ0) is 20.5. The standard InChI is InChI=1S/C20H21N3O5/c1-3-11-21-19(24)14(2)28-20(25)16-9-10-17(18(12-16)23(26)27)22-13-15-7-5-4-6-8-15/h3-10,12,14,22H,1,11,13H2,2H3,(H,21,24)/t14-/m0/s1. The van der Waals surface area contributed by atoms with E-state index in [1.54, 1.807) is 0 Å². The van der Waals surface area contributed by atoms with Gasteiger partial charge < -0.3 is 15.4 Å². The highest BCUT2D eigenvalue weighted by atomic mass is 16.6. The third kappa shape index (κ3) is 5.66. The van der Waals surface area contributed by atoms with Crippen molar-refractivity contribution in [2.24, 2.45) is 0 Å². The van der Waals surface area contributed by atoms with E-state index >= 15 is 0 Å². The summed E-state index contributed by atoms with van der Waals surface area (Å²) in [5.74, 6) is -1.30. The van der Waals surface area contributed by atoms with Gasteiger partial charge >= 0.3 is 5.97 Å². The number of carbonyl (C=O) groups excluding carboxylic acids is 2. The van der Waals surface area contributed by atoms with Crippen molar-refractivity contribution < 1.29 is 19.2 Å². The van der Waals surface area contributed by atoms with Gasteiger partial charge in [0, 0.05) is 19.2 Å². The van der Waals surface area contributed by atoms with Gasteiger partial charge in [0.2, 0.25) is 0 Å². The molecule has 1 amide bonds. The van der Waals surface area contributed by atoms with Gasteiger partial charge in [0.15, 0.2) is 6.10 Å². The Hall–Kier alpha value is -3.68. The number of rotatable bonds is 9. The zero-order valence-electron chi connectivity index (χ0n) is 15.4. The van der Waals surface area contributed by atoms with E-state index < -0.39 is 22.9 Å². The van der Waals surface area contributed by atoms with E-state index in [4.69, 9.17) is 4.74 Å². The summed E-state index contributed by atoms with van der Waals surface area (Å²) in [4.78, 5) is 34.8. The summed E-state index contributed by atoms with van der Waals surface area (Å²) in [5.41, 5.74) is 0.969. The summed E-state index contributed by atoms with van der Waals surface area (Å²) in [5, 5.41) is 16.9. The van der Waals surface area contributed by atoms with Crippen molar-refractivity contribution in [3.63, 3.8) is 0 Å². The number of nitro benzene ring substituents is 1. The van der Waals surface area contributed by atoms with Crippen LogP contribution in [0.3, 0.4) is 0 Å². The maximum absolute atomic E-state index is 12.2. The van der Waals surface area contributed by atoms with E-state index in [1.165, 1.54) is 25.1 Å². The molecule has 0 aromatic heterocycles. The fraction of sp³-hybridized carbons (Fsp3) is 0.200. The molecule has 0 aliphatic carbocycles. The average Bonchev–Trinajstić information content (AvgIpc) is 2.70. The van der Waals surface area contributed by atoms with Crippen LogP contribution >= 0.6 is 0 Å². The Morgan fingerprint density at radius 1 is 1.25 bits per heavy atom. The second-order valence-electron chi connectivity index (χ2n) is 5.91. The van der Waals surface area contributed by atoms with Crippen LogP contribution in [0.25, 0.3) is 0 Å². The van der Waals surface area contributed by atoms with Gasteiger partial charge in [-0.25, -0.2) is 4.79 Å². The van der Waals surface area contributed by atoms with Crippen LogP contribution in [0.2, 0.25) is 0 Å². The first-order valence-electron chi connectivity index (χ1n) is 8.58. The number of benzene rings is 2. The third-order valence-corrected chi connectivity index (χ3v) is 3.83. The number of esters is 1. The van der Waals surface area contributed by atoms with Crippen molar-refractivity contribution >= 4 is 23.3 Å². The molecule has 8 heteroatoms. The fourth-order valence-corrected chi connectivity index (χ4v) is 2.35. The van der Waals surface area contributed by atoms with Crippen LogP contribution in [-0.4, -0.2) is 29.4 Å². The largest absolute Gasteiger partial charge is 0.449 e. The number of carbonyl (C=O) groups is 2. The Morgan fingerprint density at radius 3 is 2.61 bits per heavy atom. The Morgan fingerprint density at radius 2 is 1.96 bits per heavy atom. The third-order valence-electron chi connectivity index (χ3n) is 3.83. The van der Waals surface area contributed by atoms with Crippen LogP contribution in [0.4, 0.5) is 11.4 Å². The van der Waals surface area contributed by atoms with E-state index in [2.05, 4.69) is 17.2 Å². The van der Waals surface area contributed by atoms with Gasteiger partial charge in [-0.1, -0.05) is 36.4 Å². The molecule has 0 fully saturated rings. The molecule has 2 rings (SSSR count). The molecule has 0 bridgehead atoms. The maximum Gasteiger partial charge on any atom is 0.339 e. The number of ether oxygens (including phenoxy) is 1. The highest BCUT2D eigenvalue weighted by Gasteiger charge is 2.22. The minimum Gasteiger partial charge on any atom is -0.449 e. The topological polar surface area (TPSA) is 111 Å². The van der Waals surface area contributed by atoms with Gasteiger partial charge in [-0.15, -0.1) is 6.58 Å². The molecule has 0 unspecified atom stereocenters. The first-order chi connectivity index (χ1) is 13.4. The second-order valence-corrected chi connectivity index (χ2v) is 5.91. The number of nitrogens with one attached hydrogen (secondary N) is 2. The molecular weight excluding hydrogens is 362 g/mol. The van der Waals surface area contributed by atoms with Crippen LogP contribution in [0.15, 0.2) is 61.2 Å². The molecule has 28 heavy (non-hydrogen) atoms. The number of anilines is 1. The number of amides is 1. The van der Waals surface area contributed by atoms with Crippen molar-refractivity contribution in [3.05, 3.63) is 82.4 Å². The lowest BCUT2D eigenvalue weighted by Gasteiger charge is -2.13. The molecule has 8 nitrogen and oxygen atoms in total. The van der Waals surface area contributed by atoms with Crippen LogP contribution in [0.5, 0.6) is 0 Å². The summed E-state index contributed by atoms with van der Waals surface area (Å²) in [7, 11) is 0. The number of hydrogen-bond acceptors (Lipinski definition) is 6. The van der Waals surface area contributed by atoms with Gasteiger partial charge in [0.05, 0.1) is 10.5 Å². The first kappa shape index (κ1) is 20.6. The zero-order valence-corrected chi connectivity index (χ0v) is 15.4. The minimum atomic E-state index is -1.04. The van der Waals surface area contributed by atoms with Crippen LogP contribution in [0, 0.1) is 10.1 Å². The lowest BCUT2D eigenvalue weighted by molar-refractivity contribution is -0.384. The minimum absolute atomic E-state index is 0.0136. The van der Waals surface area contributed by atoms with Crippen molar-refractivity contribution in [2.75, 3.05) is 11.9 Å². The molecule has 1 atom stereocenters. The molecule has 2 N–H and O–H groups in total. The van der Waals surface area contributed by atoms with Crippen molar-refractivity contribution in [1.29, 1.82) is 0 Å². The molecule has 0 aliphatic rings. The van der Waals surface area contributed by atoms with Gasteiger partial charge in [-0.2, -0.15) is 0 Å². The van der Waals surface area contributed by atoms with Gasteiger partial charge in [0.1, 0.15) is 5.69 Å². The van der Waals surface area contributed by atoms with Gasteiger partial charge in [0.25, 0.3) is 11.6 Å². The molecular formula is C20H21N3O5. The monoisotopic (exact) mass is 383 g/mol. The smallest absolute Gasteiger partial charge is 0.339 e. The van der Waals surface area contributed by atoms with Gasteiger partial charge in [-0.3, -0.25) is 14.9 Å². The molecule has 0 heterocycles. The van der Waals surface area contributed by atoms with E-state index in [0.29, 0.717) is 6.54 Å². The van der Waals surface area contributed by atoms with Crippen LogP contribution in [0.1, 0.15) is 22.8 Å². The molecule has 2 aromatic rings. The normalized spacial score (nSPS) is 11.2. The fourth-order valence-electron chi connectivity index (χ4n) is 2.35. The van der Waals surface area contributed by atoms with Crippen molar-refractivity contribution in [1.82, 2.24) is 5.32 Å². The van der Waals surface area contributed by atoms with E-state index in [1.807, 2.05) is 30.3 Å². The summed E-state index contributed by atoms with van der Waals surface area (Å²) >= 11 is 0. The highest BCUT2D eigenvalue weighted by Crippen LogP contribution is 2.26. The lowest BCUT2D eigenvalue weighted by Crippen LogP contribution is -2.35. The van der Waals surface area contributed by atoms with Crippen molar-refractivity contribution in [2.45, 2.75) is 19.6 Å². The predicted molar refractivity (Wildman–Crippen MR) is 105 cm³/mol. The second kappa shape index (κ2) is 9.86. The predicted octanol–water partition coefficient (Wildman–Crippen LogP) is 3.05. The summed E-state index contributed by atoms with van der Waals surface area (Å²) < 4.78 is 5.07. The lowest BCUT2D eigenvalue weighted by atomic mass is 10.1. The van der Waals surface area contributed by atoms with Crippen LogP contribution < -0.4 is 10.6 Å². The highest BCUT2D eigenvalue weighted by molar-refractivity contribution is 5.93. The van der Waals surface area contributed by atoms with Crippen molar-refractivity contribution in [3.8, 4) is 0 Å². The molecule has 0 aliphatic heterocycles. The molecule has 146 valence electrons. The Bertz CT molecular complexity index is 867. The maximum atomic E-state index is 12.2. The Balaban J connectivity index is 2.10. The Kier molecular flexibility index (Phi) is 7.27. The molecule has 0 saturated heterocycles. The van der Waals surface area contributed by atoms with E-state index in [9.17, 15) is 19.7 Å². The Labute approximate surface area is 162 Å². The quantitative estimate of drug-likeness (QED) is 0.298. The molecule has 2 aromatic carbocycles. The first-order valence-corrected chi connectivity index (χ1v) is 8.58. The average molecular weight is 383 g/mol. The van der Waals surface area contributed by atoms with E-state index in [-0.39, 0.29) is 23.5 Å². The summed E-state index contributed by atoms with van der Waals surface area (Å²) in [6, 6.07) is 13.4. The number of nitrogens with zero attached hydrogens (tertiary/aromatic N) is 1. The SMILES string of the molecule is C=CCNC(=O)[C@H](C)OC(=O)c1ccc(NCc2ccccc2)c([N+](=O)[O-])c1. The number of hydrogen-bond donors (Lipinski definition) is 2. The van der Waals surface area contributed by atoms with Gasteiger partial charge in [-0.05, 0) is 24.6 Å². The molecule has 0 saturated carbocycles. The summed E-state index contributed by atoms with van der Waals surface area (Å²) in [6.45, 7) is 5.53. The van der Waals surface area contributed by atoms with Crippen LogP contribution in [-0.2, 0) is 16.1 Å². The summed E-state index contributed by atoms with van der Waals surface area (Å²) in [6.07, 6.45) is 0.458. The molecule has 0 spiro atoms. The number of nitro groups is 1. The van der Waals surface area contributed by atoms with E-state index in [0.717, 1.165) is 11.6 Å².